The summed E-state index contributed by atoms with van der Waals surface area (Å²) in [4.78, 5) is 29.8. The minimum absolute atomic E-state index is 0. The van der Waals surface area contributed by atoms with Crippen LogP contribution in [0, 0.1) is 5.92 Å². The maximum atomic E-state index is 13.1. The van der Waals surface area contributed by atoms with Crippen molar-refractivity contribution in [2.75, 3.05) is 24.5 Å². The molecule has 2 bridgehead atoms. The molecule has 3 aliphatic rings. The van der Waals surface area contributed by atoms with Crippen LogP contribution in [0.25, 0.3) is 0 Å². The van der Waals surface area contributed by atoms with Crippen LogP contribution in [0.3, 0.4) is 0 Å². The molecule has 2 amide bonds. The van der Waals surface area contributed by atoms with E-state index in [2.05, 4.69) is 21.2 Å². The number of anilines is 1. The largest absolute Gasteiger partial charge is 0.335 e. The Labute approximate surface area is 162 Å². The van der Waals surface area contributed by atoms with Gasteiger partial charge in [-0.15, -0.1) is 12.4 Å². The molecule has 3 saturated heterocycles. The Morgan fingerprint density at radius 3 is 2.68 bits per heavy atom. The average Bonchev–Trinajstić information content (AvgIpc) is 3.06. The van der Waals surface area contributed by atoms with Crippen molar-refractivity contribution in [3.05, 3.63) is 28.7 Å². The van der Waals surface area contributed by atoms with Gasteiger partial charge in [0.1, 0.15) is 5.92 Å². The van der Waals surface area contributed by atoms with Gasteiger partial charge in [0.2, 0.25) is 11.8 Å². The number of carbonyl (C=O) groups excluding carboxylic acids is 2. The van der Waals surface area contributed by atoms with Gasteiger partial charge in [-0.2, -0.15) is 0 Å². The van der Waals surface area contributed by atoms with E-state index in [1.807, 2.05) is 29.2 Å². The molecule has 0 aliphatic carbocycles. The van der Waals surface area contributed by atoms with Crippen LogP contribution in [0.2, 0.25) is 0 Å². The summed E-state index contributed by atoms with van der Waals surface area (Å²) in [6.45, 7) is 2.43. The van der Waals surface area contributed by atoms with Crippen molar-refractivity contribution in [3.8, 4) is 0 Å². The number of hydrogen-bond donors (Lipinski definition) is 1. The number of fused-ring (bicyclic) bond motifs is 2. The third kappa shape index (κ3) is 3.32. The SMILES string of the molecule is Cl.O=C1C(C(=O)N2C3CCNCC2CC3)CCN1c1ccccc1Br. The van der Waals surface area contributed by atoms with Gasteiger partial charge in [-0.05, 0) is 60.3 Å². The number of rotatable bonds is 2. The van der Waals surface area contributed by atoms with Gasteiger partial charge in [-0.25, -0.2) is 0 Å². The fraction of sp³-hybridized carbons (Fsp3) is 0.556. The zero-order valence-corrected chi connectivity index (χ0v) is 16.4. The molecule has 1 aromatic carbocycles. The highest BCUT2D eigenvalue weighted by Gasteiger charge is 2.46. The molecule has 0 radical (unpaired) electrons. The molecule has 3 unspecified atom stereocenters. The summed E-state index contributed by atoms with van der Waals surface area (Å²) < 4.78 is 0.894. The Hall–Kier alpha value is -1.11. The maximum absolute atomic E-state index is 13.1. The Morgan fingerprint density at radius 2 is 1.88 bits per heavy atom. The maximum Gasteiger partial charge on any atom is 0.239 e. The molecular weight excluding hydrogens is 406 g/mol. The minimum atomic E-state index is -0.515. The first kappa shape index (κ1) is 18.7. The number of hydrogen-bond acceptors (Lipinski definition) is 3. The zero-order chi connectivity index (χ0) is 16.7. The van der Waals surface area contributed by atoms with Gasteiger partial charge in [-0.1, -0.05) is 12.1 Å². The quantitative estimate of drug-likeness (QED) is 0.737. The number of benzene rings is 1. The topological polar surface area (TPSA) is 52.7 Å². The monoisotopic (exact) mass is 427 g/mol. The number of amides is 2. The highest BCUT2D eigenvalue weighted by atomic mass is 79.9. The Balaban J connectivity index is 0.00000182. The number of para-hydroxylation sites is 1. The molecule has 7 heteroatoms. The third-order valence-corrected chi connectivity index (χ3v) is 6.23. The van der Waals surface area contributed by atoms with Gasteiger partial charge in [-0.3, -0.25) is 9.59 Å². The van der Waals surface area contributed by atoms with Crippen molar-refractivity contribution in [1.29, 1.82) is 0 Å². The highest BCUT2D eigenvalue weighted by Crippen LogP contribution is 2.35. The van der Waals surface area contributed by atoms with Gasteiger partial charge >= 0.3 is 0 Å². The predicted molar refractivity (Wildman–Crippen MR) is 103 cm³/mol. The summed E-state index contributed by atoms with van der Waals surface area (Å²) in [7, 11) is 0. The first-order valence-corrected chi connectivity index (χ1v) is 9.55. The molecule has 4 rings (SSSR count). The van der Waals surface area contributed by atoms with Crippen LogP contribution < -0.4 is 10.2 Å². The van der Waals surface area contributed by atoms with Crippen molar-refractivity contribution in [3.63, 3.8) is 0 Å². The van der Waals surface area contributed by atoms with Crippen LogP contribution in [-0.4, -0.2) is 48.4 Å². The first-order chi connectivity index (χ1) is 11.7. The molecule has 5 nitrogen and oxygen atoms in total. The lowest BCUT2D eigenvalue weighted by atomic mass is 10.0. The Morgan fingerprint density at radius 1 is 1.12 bits per heavy atom. The van der Waals surface area contributed by atoms with E-state index < -0.39 is 5.92 Å². The second-order valence-corrected chi connectivity index (χ2v) is 7.76. The van der Waals surface area contributed by atoms with Gasteiger partial charge in [0.05, 0.1) is 5.69 Å². The molecule has 25 heavy (non-hydrogen) atoms. The lowest BCUT2D eigenvalue weighted by Gasteiger charge is -2.30. The minimum Gasteiger partial charge on any atom is -0.335 e. The third-order valence-electron chi connectivity index (χ3n) is 5.56. The summed E-state index contributed by atoms with van der Waals surface area (Å²) in [6.07, 6.45) is 3.74. The molecule has 3 aliphatic heterocycles. The molecule has 1 aromatic rings. The van der Waals surface area contributed by atoms with Crippen LogP contribution in [-0.2, 0) is 9.59 Å². The lowest BCUT2D eigenvalue weighted by molar-refractivity contribution is -0.142. The molecular formula is C18H23BrClN3O2. The molecule has 0 aromatic heterocycles. The lowest BCUT2D eigenvalue weighted by Crippen LogP contribution is -2.47. The number of carbonyl (C=O) groups is 2. The predicted octanol–water partition coefficient (Wildman–Crippen LogP) is 2.58. The van der Waals surface area contributed by atoms with E-state index in [1.54, 1.807) is 4.90 Å². The molecule has 1 N–H and O–H groups in total. The molecule has 0 saturated carbocycles. The highest BCUT2D eigenvalue weighted by molar-refractivity contribution is 9.10. The van der Waals surface area contributed by atoms with E-state index in [0.717, 1.165) is 42.5 Å². The molecule has 3 fully saturated rings. The van der Waals surface area contributed by atoms with Crippen molar-refractivity contribution in [2.24, 2.45) is 5.92 Å². The number of halogens is 2. The van der Waals surface area contributed by atoms with Crippen LogP contribution in [0.15, 0.2) is 28.7 Å². The number of nitrogens with zero attached hydrogens (tertiary/aromatic N) is 2. The van der Waals surface area contributed by atoms with Crippen LogP contribution in [0.5, 0.6) is 0 Å². The van der Waals surface area contributed by atoms with E-state index >= 15 is 0 Å². The van der Waals surface area contributed by atoms with Gasteiger partial charge in [0.25, 0.3) is 0 Å². The van der Waals surface area contributed by atoms with E-state index in [9.17, 15) is 9.59 Å². The molecule has 136 valence electrons. The zero-order valence-electron chi connectivity index (χ0n) is 14.0. The van der Waals surface area contributed by atoms with Crippen molar-refractivity contribution >= 4 is 45.8 Å². The van der Waals surface area contributed by atoms with Crippen molar-refractivity contribution < 1.29 is 9.59 Å². The normalized spacial score (nSPS) is 28.7. The van der Waals surface area contributed by atoms with Crippen molar-refractivity contribution in [2.45, 2.75) is 37.8 Å². The fourth-order valence-corrected chi connectivity index (χ4v) is 4.84. The summed E-state index contributed by atoms with van der Waals surface area (Å²) in [5, 5.41) is 3.41. The molecule has 0 spiro atoms. The number of nitrogens with one attached hydrogen (secondary N) is 1. The molecule has 3 heterocycles. The van der Waals surface area contributed by atoms with E-state index in [0.29, 0.717) is 19.0 Å². The van der Waals surface area contributed by atoms with Gasteiger partial charge < -0.3 is 15.1 Å². The smallest absolute Gasteiger partial charge is 0.239 e. The van der Waals surface area contributed by atoms with Crippen LogP contribution >= 0.6 is 28.3 Å². The second-order valence-electron chi connectivity index (χ2n) is 6.91. The summed E-state index contributed by atoms with van der Waals surface area (Å²) >= 11 is 3.51. The van der Waals surface area contributed by atoms with Crippen LogP contribution in [0.4, 0.5) is 5.69 Å². The Kier molecular flexibility index (Phi) is 5.71. The first-order valence-electron chi connectivity index (χ1n) is 8.75. The van der Waals surface area contributed by atoms with Gasteiger partial charge in [0, 0.05) is 29.6 Å². The van der Waals surface area contributed by atoms with E-state index in [1.165, 1.54) is 0 Å². The molecule has 3 atom stereocenters. The average molecular weight is 429 g/mol. The van der Waals surface area contributed by atoms with E-state index in [4.69, 9.17) is 0 Å². The Bertz CT molecular complexity index is 657. The summed E-state index contributed by atoms with van der Waals surface area (Å²) in [5.41, 5.74) is 0.860. The summed E-state index contributed by atoms with van der Waals surface area (Å²) in [5.74, 6) is -0.521. The van der Waals surface area contributed by atoms with Crippen LogP contribution in [0.1, 0.15) is 25.7 Å². The summed E-state index contributed by atoms with van der Waals surface area (Å²) in [6, 6.07) is 8.27. The van der Waals surface area contributed by atoms with Gasteiger partial charge in [0.15, 0.2) is 0 Å². The van der Waals surface area contributed by atoms with Crippen molar-refractivity contribution in [1.82, 2.24) is 10.2 Å². The standard InChI is InChI=1S/C18H22BrN3O2.ClH/c19-15-3-1-2-4-16(15)21-10-8-14(17(21)23)18(24)22-12-5-6-13(22)11-20-9-7-12;/h1-4,12-14,20H,5-11H2;1H. The van der Waals surface area contributed by atoms with E-state index in [-0.39, 0.29) is 30.3 Å². The second kappa shape index (κ2) is 7.64. The fourth-order valence-electron chi connectivity index (χ4n) is 4.34.